The quantitative estimate of drug-likeness (QED) is 0.875. The van der Waals surface area contributed by atoms with Crippen molar-refractivity contribution in [1.29, 1.82) is 0 Å². The van der Waals surface area contributed by atoms with Crippen molar-refractivity contribution >= 4 is 28.9 Å². The third-order valence-corrected chi connectivity index (χ3v) is 3.69. The van der Waals surface area contributed by atoms with Crippen molar-refractivity contribution in [3.8, 4) is 0 Å². The summed E-state index contributed by atoms with van der Waals surface area (Å²) in [4.78, 5) is 2.28. The van der Waals surface area contributed by atoms with Crippen molar-refractivity contribution in [3.63, 3.8) is 0 Å². The van der Waals surface area contributed by atoms with Gasteiger partial charge >= 0.3 is 0 Å². The molecule has 100 valence electrons. The molecule has 0 bridgehead atoms. The largest absolute Gasteiger partial charge is 0.390 e. The Balaban J connectivity index is 1.81. The number of β-amino-alcohol motifs (C(OH)–C–C–N with tert-alkyl or cyclic N) is 1. The Bertz CT molecular complexity index is 395. The predicted octanol–water partition coefficient (Wildman–Crippen LogP) is 2.86. The summed E-state index contributed by atoms with van der Waals surface area (Å²) in [5, 5.41) is 14.3. The highest BCUT2D eigenvalue weighted by Crippen LogP contribution is 2.25. The molecule has 1 saturated heterocycles. The van der Waals surface area contributed by atoms with E-state index >= 15 is 0 Å². The SMILES string of the molecule is OC(CNc1cc(Cl)ccc1Cl)CN1CCCC1. The first-order chi connectivity index (χ1) is 8.65. The molecular formula is C13H18Cl2N2O. The van der Waals surface area contributed by atoms with Crippen molar-refractivity contribution in [3.05, 3.63) is 28.2 Å². The van der Waals surface area contributed by atoms with Gasteiger partial charge in [-0.1, -0.05) is 23.2 Å². The number of likely N-dealkylation sites (tertiary alicyclic amines) is 1. The van der Waals surface area contributed by atoms with Crippen molar-refractivity contribution in [2.45, 2.75) is 18.9 Å². The van der Waals surface area contributed by atoms with E-state index in [1.54, 1.807) is 18.2 Å². The lowest BCUT2D eigenvalue weighted by atomic mass is 10.3. The van der Waals surface area contributed by atoms with E-state index in [1.165, 1.54) is 12.8 Å². The highest BCUT2D eigenvalue weighted by atomic mass is 35.5. The molecule has 1 aliphatic heterocycles. The summed E-state index contributed by atoms with van der Waals surface area (Å²) in [7, 11) is 0. The summed E-state index contributed by atoms with van der Waals surface area (Å²) < 4.78 is 0. The molecule has 2 N–H and O–H groups in total. The van der Waals surface area contributed by atoms with Crippen LogP contribution >= 0.6 is 23.2 Å². The second kappa shape index (κ2) is 6.62. The number of rotatable bonds is 5. The molecule has 1 aromatic carbocycles. The minimum Gasteiger partial charge on any atom is -0.390 e. The van der Waals surface area contributed by atoms with Gasteiger partial charge < -0.3 is 15.3 Å². The van der Waals surface area contributed by atoms with Crippen LogP contribution in [0.5, 0.6) is 0 Å². The van der Waals surface area contributed by atoms with Crippen LogP contribution in [0.4, 0.5) is 5.69 Å². The molecule has 1 unspecified atom stereocenters. The number of anilines is 1. The van der Waals surface area contributed by atoms with Gasteiger partial charge in [0.2, 0.25) is 0 Å². The topological polar surface area (TPSA) is 35.5 Å². The van der Waals surface area contributed by atoms with Gasteiger partial charge in [-0.05, 0) is 44.1 Å². The molecule has 1 fully saturated rings. The number of hydrogen-bond donors (Lipinski definition) is 2. The van der Waals surface area contributed by atoms with Crippen LogP contribution in [0, 0.1) is 0 Å². The van der Waals surface area contributed by atoms with Crippen molar-refractivity contribution in [1.82, 2.24) is 4.90 Å². The average Bonchev–Trinajstić information content (AvgIpc) is 2.83. The van der Waals surface area contributed by atoms with E-state index in [1.807, 2.05) is 0 Å². The van der Waals surface area contributed by atoms with Crippen LogP contribution in [0.25, 0.3) is 0 Å². The van der Waals surface area contributed by atoms with Gasteiger partial charge in [0.05, 0.1) is 16.8 Å². The second-order valence-electron chi connectivity index (χ2n) is 4.67. The third-order valence-electron chi connectivity index (χ3n) is 3.12. The summed E-state index contributed by atoms with van der Waals surface area (Å²) in [5.74, 6) is 0. The Kier molecular flexibility index (Phi) is 5.13. The van der Waals surface area contributed by atoms with E-state index in [0.29, 0.717) is 23.1 Å². The molecule has 0 amide bonds. The molecule has 0 spiro atoms. The minimum atomic E-state index is -0.391. The highest BCUT2D eigenvalue weighted by Gasteiger charge is 2.15. The zero-order valence-electron chi connectivity index (χ0n) is 10.2. The first-order valence-electron chi connectivity index (χ1n) is 6.24. The van der Waals surface area contributed by atoms with Crippen molar-refractivity contribution < 1.29 is 5.11 Å². The third kappa shape index (κ3) is 4.02. The van der Waals surface area contributed by atoms with Crippen LogP contribution in [-0.4, -0.2) is 42.3 Å². The maximum Gasteiger partial charge on any atom is 0.0839 e. The first kappa shape index (κ1) is 13.9. The highest BCUT2D eigenvalue weighted by molar-refractivity contribution is 6.35. The van der Waals surface area contributed by atoms with Crippen molar-refractivity contribution in [2.24, 2.45) is 0 Å². The number of nitrogens with zero attached hydrogens (tertiary/aromatic N) is 1. The number of benzene rings is 1. The Hall–Kier alpha value is -0.480. The molecule has 18 heavy (non-hydrogen) atoms. The monoisotopic (exact) mass is 288 g/mol. The van der Waals surface area contributed by atoms with Crippen LogP contribution in [0.3, 0.4) is 0 Å². The summed E-state index contributed by atoms with van der Waals surface area (Å²) in [6, 6.07) is 5.27. The van der Waals surface area contributed by atoms with E-state index in [-0.39, 0.29) is 0 Å². The van der Waals surface area contributed by atoms with E-state index in [4.69, 9.17) is 23.2 Å². The summed E-state index contributed by atoms with van der Waals surface area (Å²) in [6.07, 6.45) is 2.08. The zero-order valence-corrected chi connectivity index (χ0v) is 11.7. The Morgan fingerprint density at radius 3 is 2.72 bits per heavy atom. The number of nitrogens with one attached hydrogen (secondary N) is 1. The number of aliphatic hydroxyl groups excluding tert-OH is 1. The number of aliphatic hydroxyl groups is 1. The van der Waals surface area contributed by atoms with Gasteiger partial charge in [0.1, 0.15) is 0 Å². The number of hydrogen-bond acceptors (Lipinski definition) is 3. The molecule has 1 aromatic rings. The summed E-state index contributed by atoms with van der Waals surface area (Å²) >= 11 is 11.9. The molecule has 1 atom stereocenters. The lowest BCUT2D eigenvalue weighted by Crippen LogP contribution is -2.34. The van der Waals surface area contributed by atoms with Crippen LogP contribution < -0.4 is 5.32 Å². The minimum absolute atomic E-state index is 0.391. The van der Waals surface area contributed by atoms with Crippen LogP contribution in [0.2, 0.25) is 10.0 Å². The van der Waals surface area contributed by atoms with Crippen LogP contribution in [0.15, 0.2) is 18.2 Å². The van der Waals surface area contributed by atoms with Gasteiger partial charge in [0.15, 0.2) is 0 Å². The lowest BCUT2D eigenvalue weighted by molar-refractivity contribution is 0.135. The molecule has 0 aromatic heterocycles. The fourth-order valence-corrected chi connectivity index (χ4v) is 2.54. The van der Waals surface area contributed by atoms with E-state index < -0.39 is 6.10 Å². The average molecular weight is 289 g/mol. The smallest absolute Gasteiger partial charge is 0.0839 e. The molecule has 0 aliphatic carbocycles. The molecular weight excluding hydrogens is 271 g/mol. The molecule has 2 rings (SSSR count). The van der Waals surface area contributed by atoms with Gasteiger partial charge in [-0.2, -0.15) is 0 Å². The van der Waals surface area contributed by atoms with E-state index in [0.717, 1.165) is 18.8 Å². The zero-order chi connectivity index (χ0) is 13.0. The molecule has 3 nitrogen and oxygen atoms in total. The predicted molar refractivity (Wildman–Crippen MR) is 76.6 cm³/mol. The fraction of sp³-hybridized carbons (Fsp3) is 0.538. The summed E-state index contributed by atoms with van der Waals surface area (Å²) in [6.45, 7) is 3.38. The maximum absolute atomic E-state index is 9.95. The first-order valence-corrected chi connectivity index (χ1v) is 7.00. The summed E-state index contributed by atoms with van der Waals surface area (Å²) in [5.41, 5.74) is 0.768. The van der Waals surface area contributed by atoms with E-state index in [2.05, 4.69) is 10.2 Å². The molecule has 1 aliphatic rings. The Labute approximate surface area is 118 Å². The maximum atomic E-state index is 9.95. The fourth-order valence-electron chi connectivity index (χ4n) is 2.19. The van der Waals surface area contributed by atoms with Gasteiger partial charge in [-0.3, -0.25) is 0 Å². The number of halogens is 2. The van der Waals surface area contributed by atoms with Gasteiger partial charge in [-0.15, -0.1) is 0 Å². The van der Waals surface area contributed by atoms with Crippen molar-refractivity contribution in [2.75, 3.05) is 31.5 Å². The van der Waals surface area contributed by atoms with Gasteiger partial charge in [-0.25, -0.2) is 0 Å². The normalized spacial score (nSPS) is 17.9. The second-order valence-corrected chi connectivity index (χ2v) is 5.51. The molecule has 1 heterocycles. The molecule has 0 saturated carbocycles. The van der Waals surface area contributed by atoms with Crippen LogP contribution in [-0.2, 0) is 0 Å². The van der Waals surface area contributed by atoms with E-state index in [9.17, 15) is 5.11 Å². The molecule has 5 heteroatoms. The van der Waals surface area contributed by atoms with Crippen LogP contribution in [0.1, 0.15) is 12.8 Å². The lowest BCUT2D eigenvalue weighted by Gasteiger charge is -2.20. The van der Waals surface area contributed by atoms with Gasteiger partial charge in [0.25, 0.3) is 0 Å². The molecule has 0 radical (unpaired) electrons. The Morgan fingerprint density at radius 1 is 1.28 bits per heavy atom. The van der Waals surface area contributed by atoms with Gasteiger partial charge in [0, 0.05) is 18.1 Å². The standard InChI is InChI=1S/C13H18Cl2N2O/c14-10-3-4-12(15)13(7-10)16-8-11(18)9-17-5-1-2-6-17/h3-4,7,11,16,18H,1-2,5-6,8-9H2. The Morgan fingerprint density at radius 2 is 2.00 bits per heavy atom.